The summed E-state index contributed by atoms with van der Waals surface area (Å²) < 4.78 is 4.61. The van der Waals surface area contributed by atoms with E-state index in [1.54, 1.807) is 13.0 Å². The normalized spacial score (nSPS) is 11.8. The summed E-state index contributed by atoms with van der Waals surface area (Å²) in [5.74, 6) is -0.339. The molecule has 0 atom stereocenters. The van der Waals surface area contributed by atoms with Crippen molar-refractivity contribution >= 4 is 11.9 Å². The van der Waals surface area contributed by atoms with Crippen LogP contribution in [0, 0.1) is 0 Å². The standard InChI is InChI=1S/C13H24N2O3/c1-6-15(9-12(16)14-10(2)3)8-7-11(4)13(17)18-5/h7,10H,6,8-9H2,1-5H3,(H,14,16). The van der Waals surface area contributed by atoms with Gasteiger partial charge in [0.25, 0.3) is 0 Å². The molecular formula is C13H24N2O3. The summed E-state index contributed by atoms with van der Waals surface area (Å²) in [5.41, 5.74) is 0.556. The first-order chi connectivity index (χ1) is 8.40. The lowest BCUT2D eigenvalue weighted by Gasteiger charge is -2.19. The zero-order valence-corrected chi connectivity index (χ0v) is 11.9. The Morgan fingerprint density at radius 1 is 1.39 bits per heavy atom. The number of likely N-dealkylation sites (N-methyl/N-ethyl adjacent to an activating group) is 1. The van der Waals surface area contributed by atoms with E-state index in [9.17, 15) is 9.59 Å². The van der Waals surface area contributed by atoms with E-state index in [-0.39, 0.29) is 17.9 Å². The van der Waals surface area contributed by atoms with Gasteiger partial charge in [0.2, 0.25) is 5.91 Å². The van der Waals surface area contributed by atoms with Crippen molar-refractivity contribution in [3.05, 3.63) is 11.6 Å². The second-order valence-corrected chi connectivity index (χ2v) is 4.43. The average Bonchev–Trinajstić information content (AvgIpc) is 2.31. The third kappa shape index (κ3) is 7.06. The molecule has 0 saturated carbocycles. The quantitative estimate of drug-likeness (QED) is 0.544. The Labute approximate surface area is 109 Å². The van der Waals surface area contributed by atoms with Gasteiger partial charge < -0.3 is 10.1 Å². The molecule has 104 valence electrons. The van der Waals surface area contributed by atoms with Crippen molar-refractivity contribution in [3.63, 3.8) is 0 Å². The van der Waals surface area contributed by atoms with Gasteiger partial charge in [0.1, 0.15) is 0 Å². The number of carbonyl (C=O) groups is 2. The van der Waals surface area contributed by atoms with Crippen LogP contribution in [0.25, 0.3) is 0 Å². The van der Waals surface area contributed by atoms with Crippen LogP contribution in [0.15, 0.2) is 11.6 Å². The first kappa shape index (κ1) is 16.6. The maximum Gasteiger partial charge on any atom is 0.333 e. The Bertz CT molecular complexity index is 311. The van der Waals surface area contributed by atoms with Gasteiger partial charge in [0.15, 0.2) is 0 Å². The van der Waals surface area contributed by atoms with E-state index in [1.165, 1.54) is 7.11 Å². The second-order valence-electron chi connectivity index (χ2n) is 4.43. The zero-order valence-electron chi connectivity index (χ0n) is 11.9. The average molecular weight is 256 g/mol. The molecule has 0 aromatic carbocycles. The Morgan fingerprint density at radius 2 is 2.00 bits per heavy atom. The lowest BCUT2D eigenvalue weighted by Crippen LogP contribution is -2.40. The molecule has 5 heteroatoms. The summed E-state index contributed by atoms with van der Waals surface area (Å²) in [4.78, 5) is 24.7. The maximum absolute atomic E-state index is 11.6. The molecule has 0 aromatic rings. The van der Waals surface area contributed by atoms with Gasteiger partial charge in [0.05, 0.1) is 13.7 Å². The first-order valence-electron chi connectivity index (χ1n) is 6.17. The van der Waals surface area contributed by atoms with Gasteiger partial charge in [-0.3, -0.25) is 9.69 Å². The lowest BCUT2D eigenvalue weighted by atomic mass is 10.2. The predicted molar refractivity (Wildman–Crippen MR) is 71.2 cm³/mol. The summed E-state index contributed by atoms with van der Waals surface area (Å²) >= 11 is 0. The summed E-state index contributed by atoms with van der Waals surface area (Å²) in [5, 5.41) is 2.84. The molecule has 1 N–H and O–H groups in total. The fourth-order valence-electron chi connectivity index (χ4n) is 1.39. The van der Waals surface area contributed by atoms with Crippen molar-refractivity contribution in [2.24, 2.45) is 0 Å². The highest BCUT2D eigenvalue weighted by Gasteiger charge is 2.10. The van der Waals surface area contributed by atoms with Crippen LogP contribution >= 0.6 is 0 Å². The molecule has 0 spiro atoms. The molecule has 0 bridgehead atoms. The van der Waals surface area contributed by atoms with Crippen LogP contribution in [0.5, 0.6) is 0 Å². The Morgan fingerprint density at radius 3 is 2.44 bits per heavy atom. The van der Waals surface area contributed by atoms with Crippen LogP contribution < -0.4 is 5.32 Å². The molecule has 0 aliphatic carbocycles. The van der Waals surface area contributed by atoms with Crippen molar-refractivity contribution in [2.75, 3.05) is 26.7 Å². The third-order valence-electron chi connectivity index (χ3n) is 2.43. The summed E-state index contributed by atoms with van der Waals surface area (Å²) in [7, 11) is 1.35. The SMILES string of the molecule is CCN(CC=C(C)C(=O)OC)CC(=O)NC(C)C. The number of esters is 1. The van der Waals surface area contributed by atoms with Crippen LogP contribution in [0.4, 0.5) is 0 Å². The molecule has 0 saturated heterocycles. The van der Waals surface area contributed by atoms with Crippen LogP contribution in [0.1, 0.15) is 27.7 Å². The maximum atomic E-state index is 11.6. The molecule has 0 heterocycles. The van der Waals surface area contributed by atoms with E-state index in [1.807, 2.05) is 25.7 Å². The molecule has 0 radical (unpaired) electrons. The minimum atomic E-state index is -0.335. The van der Waals surface area contributed by atoms with Gasteiger partial charge in [-0.1, -0.05) is 13.0 Å². The number of amides is 1. The third-order valence-corrected chi connectivity index (χ3v) is 2.43. The van der Waals surface area contributed by atoms with E-state index in [0.717, 1.165) is 6.54 Å². The highest BCUT2D eigenvalue weighted by atomic mass is 16.5. The van der Waals surface area contributed by atoms with Gasteiger partial charge >= 0.3 is 5.97 Å². The van der Waals surface area contributed by atoms with Gasteiger partial charge in [-0.25, -0.2) is 4.79 Å². The van der Waals surface area contributed by atoms with Crippen LogP contribution in [-0.2, 0) is 14.3 Å². The fourth-order valence-corrected chi connectivity index (χ4v) is 1.39. The molecule has 0 unspecified atom stereocenters. The molecule has 0 aliphatic rings. The smallest absolute Gasteiger partial charge is 0.333 e. The van der Waals surface area contributed by atoms with Gasteiger partial charge in [-0.2, -0.15) is 0 Å². The largest absolute Gasteiger partial charge is 0.466 e. The van der Waals surface area contributed by atoms with Crippen molar-refractivity contribution < 1.29 is 14.3 Å². The summed E-state index contributed by atoms with van der Waals surface area (Å²) in [6.45, 7) is 9.17. The molecular weight excluding hydrogens is 232 g/mol. The number of hydrogen-bond acceptors (Lipinski definition) is 4. The minimum absolute atomic E-state index is 0.00373. The Hall–Kier alpha value is -1.36. The molecule has 1 amide bonds. The zero-order chi connectivity index (χ0) is 14.1. The summed E-state index contributed by atoms with van der Waals surface area (Å²) in [6, 6.07) is 0.142. The monoisotopic (exact) mass is 256 g/mol. The van der Waals surface area contributed by atoms with E-state index < -0.39 is 0 Å². The lowest BCUT2D eigenvalue weighted by molar-refractivity contribution is -0.136. The number of methoxy groups -OCH3 is 1. The van der Waals surface area contributed by atoms with Gasteiger partial charge in [0, 0.05) is 18.2 Å². The predicted octanol–water partition coefficient (Wildman–Crippen LogP) is 0.952. The van der Waals surface area contributed by atoms with E-state index in [2.05, 4.69) is 10.1 Å². The Balaban J connectivity index is 4.27. The number of ether oxygens (including phenoxy) is 1. The van der Waals surface area contributed by atoms with Gasteiger partial charge in [-0.05, 0) is 27.3 Å². The highest BCUT2D eigenvalue weighted by Crippen LogP contribution is 1.97. The molecule has 0 aromatic heterocycles. The number of nitrogens with one attached hydrogen (secondary N) is 1. The Kier molecular flexibility index (Phi) is 8.03. The van der Waals surface area contributed by atoms with Crippen molar-refractivity contribution in [3.8, 4) is 0 Å². The molecule has 5 nitrogen and oxygen atoms in total. The van der Waals surface area contributed by atoms with Crippen LogP contribution in [-0.4, -0.2) is 49.6 Å². The van der Waals surface area contributed by atoms with Crippen molar-refractivity contribution in [1.82, 2.24) is 10.2 Å². The topological polar surface area (TPSA) is 58.6 Å². The minimum Gasteiger partial charge on any atom is -0.466 e. The second kappa shape index (κ2) is 8.69. The number of carbonyl (C=O) groups excluding carboxylic acids is 2. The number of nitrogens with zero attached hydrogens (tertiary/aromatic N) is 1. The van der Waals surface area contributed by atoms with Crippen molar-refractivity contribution in [1.29, 1.82) is 0 Å². The number of hydrogen-bond donors (Lipinski definition) is 1. The van der Waals surface area contributed by atoms with Gasteiger partial charge in [-0.15, -0.1) is 0 Å². The highest BCUT2D eigenvalue weighted by molar-refractivity contribution is 5.87. The van der Waals surface area contributed by atoms with Crippen LogP contribution in [0.3, 0.4) is 0 Å². The van der Waals surface area contributed by atoms with E-state index in [4.69, 9.17) is 0 Å². The molecule has 0 aliphatic heterocycles. The van der Waals surface area contributed by atoms with E-state index in [0.29, 0.717) is 18.7 Å². The fraction of sp³-hybridized carbons (Fsp3) is 0.692. The molecule has 18 heavy (non-hydrogen) atoms. The summed E-state index contributed by atoms with van der Waals surface area (Å²) in [6.07, 6.45) is 1.78. The molecule has 0 rings (SSSR count). The van der Waals surface area contributed by atoms with Crippen LogP contribution in [0.2, 0.25) is 0 Å². The van der Waals surface area contributed by atoms with Crippen molar-refractivity contribution in [2.45, 2.75) is 33.7 Å². The first-order valence-corrected chi connectivity index (χ1v) is 6.17. The molecule has 0 fully saturated rings. The number of rotatable bonds is 7. The van der Waals surface area contributed by atoms with E-state index >= 15 is 0 Å².